The van der Waals surface area contributed by atoms with E-state index < -0.39 is 57.1 Å². The molecule has 1 rings (SSSR count). The maximum atomic E-state index is 12.7. The van der Waals surface area contributed by atoms with Gasteiger partial charge < -0.3 is 40.2 Å². The van der Waals surface area contributed by atoms with Gasteiger partial charge in [0, 0.05) is 31.7 Å². The molecule has 0 amide bonds. The van der Waals surface area contributed by atoms with Gasteiger partial charge >= 0.3 is 19.8 Å². The molecule has 6 N–H and O–H groups in total. The van der Waals surface area contributed by atoms with Crippen LogP contribution in [0.25, 0.3) is 0 Å². The van der Waals surface area contributed by atoms with Gasteiger partial charge in [-0.05, 0) is 57.8 Å². The van der Waals surface area contributed by atoms with Crippen LogP contribution in [0.2, 0.25) is 0 Å². The highest BCUT2D eigenvalue weighted by Gasteiger charge is 2.35. The molecule has 0 bridgehead atoms. The van der Waals surface area contributed by atoms with Gasteiger partial charge in [0.15, 0.2) is 12.4 Å². The molecule has 7 atom stereocenters. The number of nitrogens with two attached hydrogens (primary N) is 1. The van der Waals surface area contributed by atoms with E-state index in [0.29, 0.717) is 32.1 Å². The van der Waals surface area contributed by atoms with Crippen LogP contribution in [-0.2, 0) is 37.4 Å². The zero-order chi connectivity index (χ0) is 44.8. The fourth-order valence-corrected chi connectivity index (χ4v) is 7.90. The Kier molecular flexibility index (Phi) is 36.1. The molecule has 2 unspecified atom stereocenters. The number of esters is 2. The maximum absolute atomic E-state index is 12.7. The molecule has 1 aliphatic rings. The second-order valence-corrected chi connectivity index (χ2v) is 18.0. The van der Waals surface area contributed by atoms with E-state index in [1.807, 2.05) is 12.2 Å². The molecule has 356 valence electrons. The van der Waals surface area contributed by atoms with Crippen LogP contribution in [0.5, 0.6) is 0 Å². The number of hydrogen-bond acceptors (Lipinski definition) is 12. The number of unbranched alkanes of at least 4 members (excludes halogenated alkanes) is 18. The molecule has 0 spiro atoms. The minimum atomic E-state index is -4.46. The SMILES string of the molecule is CCCCCCCC/C=C\CCCCCCCCCCCC(=O)OC[C@H](COP(=O)(O)OCCN)OC(=O)CCC/C=C\C[C@H]1[C@@H](O)CC(O)O[C@@H]1/C=C/[C@@H](O)CCCCC. The first-order valence-corrected chi connectivity index (χ1v) is 25.4. The van der Waals surface area contributed by atoms with Gasteiger partial charge in [0.25, 0.3) is 0 Å². The average Bonchev–Trinajstić information content (AvgIpc) is 3.23. The molecule has 61 heavy (non-hydrogen) atoms. The van der Waals surface area contributed by atoms with Crippen LogP contribution in [0.1, 0.15) is 187 Å². The van der Waals surface area contributed by atoms with E-state index >= 15 is 0 Å². The van der Waals surface area contributed by atoms with E-state index in [-0.39, 0.29) is 44.9 Å². The summed E-state index contributed by atoms with van der Waals surface area (Å²) < 4.78 is 38.5. The van der Waals surface area contributed by atoms with Crippen LogP contribution in [-0.4, -0.2) is 89.2 Å². The van der Waals surface area contributed by atoms with Crippen molar-refractivity contribution < 1.29 is 57.6 Å². The van der Waals surface area contributed by atoms with E-state index in [1.54, 1.807) is 12.2 Å². The highest BCUT2D eigenvalue weighted by Crippen LogP contribution is 2.43. The lowest BCUT2D eigenvalue weighted by molar-refractivity contribution is -0.199. The van der Waals surface area contributed by atoms with E-state index in [2.05, 4.69) is 26.0 Å². The molecule has 13 nitrogen and oxygen atoms in total. The highest BCUT2D eigenvalue weighted by atomic mass is 31.2. The van der Waals surface area contributed by atoms with E-state index in [9.17, 15) is 34.4 Å². The summed E-state index contributed by atoms with van der Waals surface area (Å²) in [5, 5.41) is 31.0. The number of aliphatic hydroxyl groups excluding tert-OH is 3. The number of rotatable bonds is 40. The summed E-state index contributed by atoms with van der Waals surface area (Å²) in [7, 11) is -4.46. The number of allylic oxidation sites excluding steroid dienone is 4. The molecule has 0 aromatic carbocycles. The molecule has 1 heterocycles. The van der Waals surface area contributed by atoms with Crippen molar-refractivity contribution in [1.29, 1.82) is 0 Å². The number of carbonyl (C=O) groups excluding carboxylic acids is 2. The fourth-order valence-electron chi connectivity index (χ4n) is 7.14. The molecule has 0 aromatic heterocycles. The fraction of sp³-hybridized carbons (Fsp3) is 0.830. The Morgan fingerprint density at radius 3 is 1.93 bits per heavy atom. The Labute approximate surface area is 368 Å². The predicted octanol–water partition coefficient (Wildman–Crippen LogP) is 9.83. The Bertz CT molecular complexity index is 1220. The van der Waals surface area contributed by atoms with Crippen molar-refractivity contribution in [3.63, 3.8) is 0 Å². The molecule has 1 aliphatic heterocycles. The highest BCUT2D eigenvalue weighted by molar-refractivity contribution is 7.47. The van der Waals surface area contributed by atoms with Gasteiger partial charge in [0.05, 0.1) is 31.5 Å². The lowest BCUT2D eigenvalue weighted by Crippen LogP contribution is -2.43. The molecule has 0 aromatic rings. The topological polar surface area (TPSA) is 204 Å². The minimum Gasteiger partial charge on any atom is -0.462 e. The second kappa shape index (κ2) is 38.5. The quantitative estimate of drug-likeness (QED) is 0.0168. The molecular weight excluding hydrogens is 801 g/mol. The first kappa shape index (κ1) is 57.1. The second-order valence-electron chi connectivity index (χ2n) is 16.5. The third-order valence-corrected chi connectivity index (χ3v) is 11.8. The van der Waals surface area contributed by atoms with Crippen molar-refractivity contribution in [3.05, 3.63) is 36.5 Å². The van der Waals surface area contributed by atoms with Crippen molar-refractivity contribution in [2.45, 2.75) is 218 Å². The molecule has 0 aliphatic carbocycles. The van der Waals surface area contributed by atoms with Crippen molar-refractivity contribution in [3.8, 4) is 0 Å². The van der Waals surface area contributed by atoms with Gasteiger partial charge in [-0.25, -0.2) is 4.57 Å². The number of carbonyl (C=O) groups is 2. The first-order chi connectivity index (χ1) is 29.5. The Hall–Kier alpha value is -1.93. The van der Waals surface area contributed by atoms with Crippen LogP contribution in [0.3, 0.4) is 0 Å². The summed E-state index contributed by atoms with van der Waals surface area (Å²) in [6, 6.07) is 0. The first-order valence-electron chi connectivity index (χ1n) is 23.9. The average molecular weight is 888 g/mol. The van der Waals surface area contributed by atoms with Crippen molar-refractivity contribution in [2.75, 3.05) is 26.4 Å². The summed E-state index contributed by atoms with van der Waals surface area (Å²) in [5.41, 5.74) is 5.35. The Morgan fingerprint density at radius 2 is 1.30 bits per heavy atom. The smallest absolute Gasteiger partial charge is 0.462 e. The lowest BCUT2D eigenvalue weighted by atomic mass is 9.87. The van der Waals surface area contributed by atoms with Crippen LogP contribution in [0.15, 0.2) is 36.5 Å². The van der Waals surface area contributed by atoms with Crippen molar-refractivity contribution in [1.82, 2.24) is 0 Å². The maximum Gasteiger partial charge on any atom is 0.472 e. The number of hydrogen-bond donors (Lipinski definition) is 5. The summed E-state index contributed by atoms with van der Waals surface area (Å²) >= 11 is 0. The number of aliphatic hydroxyl groups is 3. The lowest BCUT2D eigenvalue weighted by Gasteiger charge is -2.36. The molecule has 0 saturated carbocycles. The third kappa shape index (κ3) is 33.3. The summed E-state index contributed by atoms with van der Waals surface area (Å²) in [4.78, 5) is 35.2. The van der Waals surface area contributed by atoms with Crippen molar-refractivity contribution >= 4 is 19.8 Å². The number of ether oxygens (including phenoxy) is 3. The third-order valence-electron chi connectivity index (χ3n) is 10.8. The molecular formula is C47H86NO12P. The predicted molar refractivity (Wildman–Crippen MR) is 241 cm³/mol. The monoisotopic (exact) mass is 888 g/mol. The Balaban J connectivity index is 2.37. The standard InChI is InChI=1S/C47H86NO12P/c1-3-5-7-8-9-10-11-12-13-14-15-16-17-18-19-20-21-22-27-31-45(51)56-38-41(39-58-61(54,55)57-36-35-48)59-46(52)32-28-24-23-26-30-42-43(50)37-47(53)60-44(42)34-33-40(49)29-25-6-4-2/h12-13,23,26,33-34,40-44,47,49-50,53H,3-11,14-22,24-25,27-32,35-39,48H2,1-2H3,(H,54,55)/b13-12-,26-23-,34-33+/t40-,41+,42-,43-,44+,47?/m0/s1. The minimum absolute atomic E-state index is 0.00889. The van der Waals surface area contributed by atoms with Crippen LogP contribution >= 0.6 is 7.82 Å². The normalized spacial score (nSPS) is 20.4. The molecule has 14 heteroatoms. The van der Waals surface area contributed by atoms with Crippen LogP contribution in [0.4, 0.5) is 0 Å². The van der Waals surface area contributed by atoms with Crippen molar-refractivity contribution in [2.24, 2.45) is 11.7 Å². The largest absolute Gasteiger partial charge is 0.472 e. The van der Waals surface area contributed by atoms with Gasteiger partial charge in [-0.1, -0.05) is 147 Å². The molecule has 0 radical (unpaired) electrons. The molecule has 1 fully saturated rings. The van der Waals surface area contributed by atoms with Gasteiger partial charge in [-0.15, -0.1) is 0 Å². The van der Waals surface area contributed by atoms with E-state index in [0.717, 1.165) is 38.5 Å². The zero-order valence-corrected chi connectivity index (χ0v) is 38.8. The van der Waals surface area contributed by atoms with Gasteiger partial charge in [0.2, 0.25) is 0 Å². The van der Waals surface area contributed by atoms with Gasteiger partial charge in [0.1, 0.15) is 6.61 Å². The Morgan fingerprint density at radius 1 is 0.738 bits per heavy atom. The molecule has 1 saturated heterocycles. The zero-order valence-electron chi connectivity index (χ0n) is 37.9. The summed E-state index contributed by atoms with van der Waals surface area (Å²) in [5.74, 6) is -1.34. The van der Waals surface area contributed by atoms with E-state index in [1.165, 1.54) is 83.5 Å². The van der Waals surface area contributed by atoms with Gasteiger partial charge in [-0.2, -0.15) is 0 Å². The summed E-state index contributed by atoms with van der Waals surface area (Å²) in [6.07, 6.45) is 33.6. The van der Waals surface area contributed by atoms with Crippen LogP contribution < -0.4 is 5.73 Å². The van der Waals surface area contributed by atoms with Gasteiger partial charge in [-0.3, -0.25) is 18.6 Å². The number of phosphoric acid groups is 1. The summed E-state index contributed by atoms with van der Waals surface area (Å²) in [6.45, 7) is 3.31. The van der Waals surface area contributed by atoms with Crippen LogP contribution in [0, 0.1) is 5.92 Å². The van der Waals surface area contributed by atoms with E-state index in [4.69, 9.17) is 29.0 Å². The number of phosphoric ester groups is 1.